The Morgan fingerprint density at radius 2 is 0.771 bits per heavy atom. The Kier molecular flexibility index (Phi) is 68.6. The molecule has 0 spiro atoms. The highest BCUT2D eigenvalue weighted by Gasteiger charge is 2.08. The summed E-state index contributed by atoms with van der Waals surface area (Å²) in [6.45, 7) is 46.3. The second kappa shape index (κ2) is 63.3. The first-order chi connectivity index (χ1) is 34.6. The normalized spacial score (nSPS) is 9.50. The van der Waals surface area contributed by atoms with E-state index in [2.05, 4.69) is 130 Å². The number of rotatable bonds is 3. The minimum Gasteiger partial charge on any atom is -0.497 e. The fraction of sp³-hybridized carbons (Fsp3) is 0.446. The third-order valence-electron chi connectivity index (χ3n) is 8.62. The van der Waals surface area contributed by atoms with Crippen molar-refractivity contribution >= 4 is 16.3 Å². The lowest BCUT2D eigenvalue weighted by atomic mass is 10.1. The number of methoxy groups -OCH3 is 1. The minimum absolute atomic E-state index is 0.910. The van der Waals surface area contributed by atoms with Gasteiger partial charge in [0.2, 0.25) is 0 Å². The van der Waals surface area contributed by atoms with Gasteiger partial charge in [-0.1, -0.05) is 271 Å². The maximum atomic E-state index is 4.91. The molecule has 0 radical (unpaired) electrons. The highest BCUT2D eigenvalue weighted by atomic mass is 16.5. The Balaban J connectivity index is -0.000000165. The van der Waals surface area contributed by atoms with E-state index in [-0.39, 0.29) is 0 Å². The highest BCUT2D eigenvalue weighted by Crippen LogP contribution is 2.13. The molecule has 9 rings (SSSR count). The second-order valence-electron chi connectivity index (χ2n) is 12.5. The summed E-state index contributed by atoms with van der Waals surface area (Å²) >= 11 is 0. The number of hydrogen-bond donors (Lipinski definition) is 0. The van der Waals surface area contributed by atoms with Crippen LogP contribution in [0.4, 0.5) is 0 Å². The van der Waals surface area contributed by atoms with Gasteiger partial charge in [0, 0.05) is 36.9 Å². The smallest absolute Gasteiger partial charge is 0.118 e. The summed E-state index contributed by atoms with van der Waals surface area (Å²) in [5.74, 6) is 0.910. The van der Waals surface area contributed by atoms with Crippen molar-refractivity contribution in [2.45, 2.75) is 190 Å². The number of ether oxygens (including phenoxy) is 1. The average molecular weight is 962 g/mol. The van der Waals surface area contributed by atoms with Crippen LogP contribution in [0.2, 0.25) is 0 Å². The molecule has 0 unspecified atom stereocenters. The summed E-state index contributed by atoms with van der Waals surface area (Å²) in [5.41, 5.74) is 6.55. The standard InChI is InChI=1S/C10H8.C9H10.C8H10.C7H10N2.C7H8O.C6H8N2.9C2H6/c1-2-6-10-8-4-3-7-9(10)5-1;1-8(2)9-6-4-3-5-7-9;1-2-8-6-4-3-5-7-8;1-2-6-9-7(3-1)4-5-8-9;1-8-7-5-3-2-4-6-7;1-2-6-3-4-7-8(6)5-1;9*1-2/h1-8H;3-7H,1H2,2H3;3-7H,2H2,1H3;4-5H,1-3,6H2;2-6H,1H3;3-4H,1-2,5H2;9*1-2H3. The van der Waals surface area contributed by atoms with Gasteiger partial charge in [0.05, 0.1) is 7.11 Å². The first-order valence-corrected chi connectivity index (χ1v) is 27.4. The average Bonchev–Trinajstić information content (AvgIpc) is 4.28. The molecule has 70 heavy (non-hydrogen) atoms. The summed E-state index contributed by atoms with van der Waals surface area (Å²) in [6, 6.07) is 51.2. The third kappa shape index (κ3) is 39.2. The zero-order chi connectivity index (χ0) is 54.6. The van der Waals surface area contributed by atoms with E-state index in [0.29, 0.717) is 0 Å². The van der Waals surface area contributed by atoms with Gasteiger partial charge in [0.25, 0.3) is 0 Å². The number of allylic oxidation sites excluding steroid dienone is 1. The number of para-hydroxylation sites is 1. The van der Waals surface area contributed by atoms with Crippen LogP contribution in [-0.2, 0) is 32.4 Å². The molecule has 4 heterocycles. The molecule has 2 aliphatic heterocycles. The Bertz CT molecular complexity index is 1820. The number of hydrogen-bond acceptors (Lipinski definition) is 3. The Labute approximate surface area is 434 Å². The number of nitrogens with zero attached hydrogens (tertiary/aromatic N) is 4. The van der Waals surface area contributed by atoms with Crippen molar-refractivity contribution in [1.82, 2.24) is 19.6 Å². The molecule has 2 aliphatic rings. The summed E-state index contributed by atoms with van der Waals surface area (Å²) in [5, 5.41) is 10.9. The molecule has 0 aliphatic carbocycles. The quantitative estimate of drug-likeness (QED) is 0.177. The SMILES string of the molecule is C=C(C)c1ccccc1.CC.CC.CC.CC.CC.CC.CC.CC.CC.CCc1ccccc1.COc1ccccc1.c1cc2n(n1)CCC2.c1cc2n(n1)CCCC2.c1ccc2ccccc2c1. The second-order valence-corrected chi connectivity index (χ2v) is 12.5. The van der Waals surface area contributed by atoms with Gasteiger partial charge in [0.15, 0.2) is 0 Å². The zero-order valence-corrected chi connectivity index (χ0v) is 49.1. The van der Waals surface area contributed by atoms with Gasteiger partial charge in [-0.2, -0.15) is 10.2 Å². The van der Waals surface area contributed by atoms with Crippen LogP contribution in [0.25, 0.3) is 16.3 Å². The molecule has 0 bridgehead atoms. The number of fused-ring (bicyclic) bond motifs is 3. The summed E-state index contributed by atoms with van der Waals surface area (Å²) in [6.07, 6.45) is 11.3. The van der Waals surface area contributed by atoms with Gasteiger partial charge in [-0.25, -0.2) is 0 Å². The van der Waals surface area contributed by atoms with Crippen LogP contribution in [0.15, 0.2) is 171 Å². The lowest BCUT2D eigenvalue weighted by Gasteiger charge is -2.11. The molecule has 0 amide bonds. The topological polar surface area (TPSA) is 44.9 Å². The Morgan fingerprint density at radius 1 is 0.443 bits per heavy atom. The van der Waals surface area contributed by atoms with Gasteiger partial charge in [0.1, 0.15) is 5.75 Å². The predicted molar refractivity (Wildman–Crippen MR) is 322 cm³/mol. The van der Waals surface area contributed by atoms with Crippen molar-refractivity contribution in [3.05, 3.63) is 193 Å². The van der Waals surface area contributed by atoms with Crippen molar-refractivity contribution in [2.24, 2.45) is 0 Å². The van der Waals surface area contributed by atoms with Crippen LogP contribution in [0.5, 0.6) is 5.75 Å². The number of aromatic nitrogens is 4. The summed E-state index contributed by atoms with van der Waals surface area (Å²) in [7, 11) is 1.66. The first kappa shape index (κ1) is 75.8. The van der Waals surface area contributed by atoms with Crippen LogP contribution in [0.3, 0.4) is 0 Å². The van der Waals surface area contributed by atoms with E-state index in [1.54, 1.807) is 7.11 Å². The van der Waals surface area contributed by atoms with Crippen LogP contribution in [0.1, 0.15) is 180 Å². The molecular formula is C65H108N4O. The molecule has 7 aromatic rings. The van der Waals surface area contributed by atoms with Gasteiger partial charge in [-0.05, 0) is 91.6 Å². The maximum Gasteiger partial charge on any atom is 0.118 e. The Morgan fingerprint density at radius 3 is 1.07 bits per heavy atom. The van der Waals surface area contributed by atoms with E-state index in [4.69, 9.17) is 4.74 Å². The molecular weight excluding hydrogens is 853 g/mol. The molecule has 0 saturated heterocycles. The fourth-order valence-corrected chi connectivity index (χ4v) is 5.65. The van der Waals surface area contributed by atoms with Gasteiger partial charge in [-0.15, -0.1) is 0 Å². The lowest BCUT2D eigenvalue weighted by molar-refractivity contribution is 0.415. The van der Waals surface area contributed by atoms with E-state index >= 15 is 0 Å². The van der Waals surface area contributed by atoms with Crippen molar-refractivity contribution in [3.63, 3.8) is 0 Å². The monoisotopic (exact) mass is 961 g/mol. The minimum atomic E-state index is 0.910. The predicted octanol–water partition coefficient (Wildman–Crippen LogP) is 20.8. The van der Waals surface area contributed by atoms with Crippen molar-refractivity contribution in [2.75, 3.05) is 7.11 Å². The first-order valence-electron chi connectivity index (χ1n) is 27.4. The number of benzene rings is 5. The molecule has 394 valence electrons. The fourth-order valence-electron chi connectivity index (χ4n) is 5.65. The van der Waals surface area contributed by atoms with E-state index in [9.17, 15) is 0 Å². The highest BCUT2D eigenvalue weighted by molar-refractivity contribution is 5.82. The van der Waals surface area contributed by atoms with Crippen LogP contribution < -0.4 is 4.74 Å². The molecule has 5 nitrogen and oxygen atoms in total. The van der Waals surface area contributed by atoms with Crippen LogP contribution in [0, 0.1) is 0 Å². The Hall–Kier alpha value is -5.68. The molecule has 0 saturated carbocycles. The molecule has 5 aromatic carbocycles. The van der Waals surface area contributed by atoms with Gasteiger partial charge >= 0.3 is 0 Å². The van der Waals surface area contributed by atoms with E-state index in [1.807, 2.05) is 199 Å². The van der Waals surface area contributed by atoms with Crippen LogP contribution >= 0.6 is 0 Å². The van der Waals surface area contributed by atoms with Gasteiger partial charge < -0.3 is 4.74 Å². The largest absolute Gasteiger partial charge is 0.497 e. The van der Waals surface area contributed by atoms with Crippen molar-refractivity contribution in [3.8, 4) is 5.75 Å². The zero-order valence-electron chi connectivity index (χ0n) is 49.1. The van der Waals surface area contributed by atoms with E-state index in [1.165, 1.54) is 65.4 Å². The van der Waals surface area contributed by atoms with E-state index in [0.717, 1.165) is 30.8 Å². The van der Waals surface area contributed by atoms with Crippen LogP contribution in [-0.4, -0.2) is 26.7 Å². The number of aryl methyl sites for hydroxylation is 5. The summed E-state index contributed by atoms with van der Waals surface area (Å²) in [4.78, 5) is 0. The molecule has 2 aromatic heterocycles. The molecule has 5 heteroatoms. The maximum absolute atomic E-state index is 4.91. The molecule has 0 fully saturated rings. The third-order valence-corrected chi connectivity index (χ3v) is 8.62. The van der Waals surface area contributed by atoms with E-state index < -0.39 is 0 Å². The van der Waals surface area contributed by atoms with Gasteiger partial charge in [-0.3, -0.25) is 9.36 Å². The lowest BCUT2D eigenvalue weighted by Crippen LogP contribution is -2.10. The van der Waals surface area contributed by atoms with Crippen molar-refractivity contribution in [1.29, 1.82) is 0 Å². The molecule has 0 atom stereocenters. The van der Waals surface area contributed by atoms with Crippen molar-refractivity contribution < 1.29 is 4.74 Å². The molecule has 0 N–H and O–H groups in total. The summed E-state index contributed by atoms with van der Waals surface area (Å²) < 4.78 is 9.08.